The molecule has 0 spiro atoms. The maximum Gasteiger partial charge on any atom is 0.255 e. The maximum atomic E-state index is 13.2. The number of aliphatic hydroxyl groups is 1. The van der Waals surface area contributed by atoms with Gasteiger partial charge in [0.1, 0.15) is 5.82 Å². The summed E-state index contributed by atoms with van der Waals surface area (Å²) in [4.78, 5) is 17.8. The lowest BCUT2D eigenvalue weighted by atomic mass is 9.87. The van der Waals surface area contributed by atoms with E-state index in [0.717, 1.165) is 24.6 Å². The summed E-state index contributed by atoms with van der Waals surface area (Å²) in [6, 6.07) is 10.8. The van der Waals surface area contributed by atoms with Crippen LogP contribution in [0.4, 0.5) is 4.39 Å². The molecule has 120 valence electrons. The van der Waals surface area contributed by atoms with Crippen LogP contribution in [0.25, 0.3) is 0 Å². The van der Waals surface area contributed by atoms with Gasteiger partial charge in [0.2, 0.25) is 0 Å². The second-order valence-corrected chi connectivity index (χ2v) is 5.88. The van der Waals surface area contributed by atoms with Crippen LogP contribution >= 0.6 is 0 Å². The Kier molecular flexibility index (Phi) is 4.67. The summed E-state index contributed by atoms with van der Waals surface area (Å²) >= 11 is 0. The van der Waals surface area contributed by atoms with Crippen LogP contribution in [0.15, 0.2) is 48.8 Å². The van der Waals surface area contributed by atoms with E-state index in [2.05, 4.69) is 4.98 Å². The molecule has 0 saturated carbocycles. The summed E-state index contributed by atoms with van der Waals surface area (Å²) in [6.45, 7) is 1.12. The number of carbonyl (C=O) groups is 1. The van der Waals surface area contributed by atoms with Gasteiger partial charge in [-0.1, -0.05) is 30.3 Å². The maximum absolute atomic E-state index is 13.2. The number of benzene rings is 1. The smallest absolute Gasteiger partial charge is 0.255 e. The van der Waals surface area contributed by atoms with E-state index in [1.807, 2.05) is 30.3 Å². The van der Waals surface area contributed by atoms with E-state index >= 15 is 0 Å². The van der Waals surface area contributed by atoms with Gasteiger partial charge in [0.15, 0.2) is 0 Å². The van der Waals surface area contributed by atoms with Crippen molar-refractivity contribution in [2.24, 2.45) is 5.92 Å². The summed E-state index contributed by atoms with van der Waals surface area (Å²) < 4.78 is 13.2. The second-order valence-electron chi connectivity index (χ2n) is 5.88. The molecule has 23 heavy (non-hydrogen) atoms. The van der Waals surface area contributed by atoms with Crippen LogP contribution in [0.1, 0.15) is 34.9 Å². The zero-order valence-electron chi connectivity index (χ0n) is 12.7. The zero-order chi connectivity index (χ0) is 16.2. The highest BCUT2D eigenvalue weighted by atomic mass is 19.1. The van der Waals surface area contributed by atoms with Crippen molar-refractivity contribution in [2.75, 3.05) is 13.1 Å². The van der Waals surface area contributed by atoms with Gasteiger partial charge >= 0.3 is 0 Å². The summed E-state index contributed by atoms with van der Waals surface area (Å²) in [7, 11) is 0. The van der Waals surface area contributed by atoms with Gasteiger partial charge < -0.3 is 10.0 Å². The first-order valence-corrected chi connectivity index (χ1v) is 7.78. The van der Waals surface area contributed by atoms with Gasteiger partial charge in [-0.15, -0.1) is 0 Å². The highest BCUT2D eigenvalue weighted by Gasteiger charge is 2.28. The van der Waals surface area contributed by atoms with Gasteiger partial charge in [0, 0.05) is 19.3 Å². The van der Waals surface area contributed by atoms with E-state index in [1.165, 1.54) is 12.3 Å². The lowest BCUT2D eigenvalue weighted by molar-refractivity contribution is 0.0462. The summed E-state index contributed by atoms with van der Waals surface area (Å²) in [5, 5.41) is 10.5. The van der Waals surface area contributed by atoms with Crippen LogP contribution in [0.2, 0.25) is 0 Å². The summed E-state index contributed by atoms with van der Waals surface area (Å²) in [5.41, 5.74) is 1.18. The van der Waals surface area contributed by atoms with Crippen LogP contribution in [0.3, 0.4) is 0 Å². The lowest BCUT2D eigenvalue weighted by Crippen LogP contribution is -2.39. The normalized spacial score (nSPS) is 17.0. The number of hydrogen-bond donors (Lipinski definition) is 1. The Bertz CT molecular complexity index is 670. The molecule has 1 unspecified atom stereocenters. The van der Waals surface area contributed by atoms with Gasteiger partial charge in [-0.05, 0) is 30.4 Å². The van der Waals surface area contributed by atoms with E-state index < -0.39 is 11.9 Å². The molecular formula is C18H19FN2O2. The molecule has 1 aliphatic rings. The van der Waals surface area contributed by atoms with E-state index in [4.69, 9.17) is 0 Å². The fraction of sp³-hybridized carbons (Fsp3) is 0.333. The van der Waals surface area contributed by atoms with Crippen LogP contribution in [-0.4, -0.2) is 34.0 Å². The van der Waals surface area contributed by atoms with Crippen molar-refractivity contribution in [1.82, 2.24) is 9.88 Å². The Morgan fingerprint density at radius 1 is 1.22 bits per heavy atom. The van der Waals surface area contributed by atoms with Crippen molar-refractivity contribution in [3.05, 3.63) is 65.7 Å². The first-order valence-electron chi connectivity index (χ1n) is 7.78. The number of amides is 1. The average Bonchev–Trinajstić information content (AvgIpc) is 2.61. The van der Waals surface area contributed by atoms with E-state index in [1.54, 1.807) is 4.90 Å². The van der Waals surface area contributed by atoms with E-state index in [-0.39, 0.29) is 17.4 Å². The highest BCUT2D eigenvalue weighted by molar-refractivity contribution is 5.93. The standard InChI is InChI=1S/C18H19FN2O2/c19-16-10-15(11-20-12-16)18(23)21-8-6-14(7-9-21)17(22)13-4-2-1-3-5-13/h1-5,10-12,14,17,22H,6-9H2. The molecule has 4 nitrogen and oxygen atoms in total. The number of aromatic nitrogens is 1. The average molecular weight is 314 g/mol. The van der Waals surface area contributed by atoms with Crippen molar-refractivity contribution in [1.29, 1.82) is 0 Å². The number of hydrogen-bond acceptors (Lipinski definition) is 3. The molecule has 1 aromatic heterocycles. The first kappa shape index (κ1) is 15.6. The van der Waals surface area contributed by atoms with Crippen LogP contribution in [-0.2, 0) is 0 Å². The quantitative estimate of drug-likeness (QED) is 0.948. The minimum Gasteiger partial charge on any atom is -0.388 e. The molecule has 3 rings (SSSR count). The molecule has 1 saturated heterocycles. The number of halogens is 1. The van der Waals surface area contributed by atoms with Gasteiger partial charge in [-0.2, -0.15) is 0 Å². The fourth-order valence-electron chi connectivity index (χ4n) is 3.05. The fourth-order valence-corrected chi connectivity index (χ4v) is 3.05. The molecule has 2 heterocycles. The number of pyridine rings is 1. The van der Waals surface area contributed by atoms with Crippen LogP contribution in [0, 0.1) is 11.7 Å². The molecule has 1 amide bonds. The van der Waals surface area contributed by atoms with Crippen LogP contribution < -0.4 is 0 Å². The summed E-state index contributed by atoms with van der Waals surface area (Å²) in [5.74, 6) is -0.582. The van der Waals surface area contributed by atoms with Gasteiger partial charge in [-0.3, -0.25) is 9.78 Å². The van der Waals surface area contributed by atoms with Crippen molar-refractivity contribution in [2.45, 2.75) is 18.9 Å². The van der Waals surface area contributed by atoms with Crippen LogP contribution in [0.5, 0.6) is 0 Å². The zero-order valence-corrected chi connectivity index (χ0v) is 12.7. The molecule has 1 aliphatic heterocycles. The lowest BCUT2D eigenvalue weighted by Gasteiger charge is -2.34. The Labute approximate surface area is 134 Å². The minimum atomic E-state index is -0.510. The van der Waals surface area contributed by atoms with Gasteiger partial charge in [-0.25, -0.2) is 4.39 Å². The molecule has 1 aromatic carbocycles. The predicted octanol–water partition coefficient (Wildman–Crippen LogP) is 2.81. The molecule has 1 fully saturated rings. The predicted molar refractivity (Wildman–Crippen MR) is 84.2 cm³/mol. The Balaban J connectivity index is 1.61. The monoisotopic (exact) mass is 314 g/mol. The van der Waals surface area contributed by atoms with Crippen molar-refractivity contribution < 1.29 is 14.3 Å². The first-order chi connectivity index (χ1) is 11.1. The minimum absolute atomic E-state index is 0.132. The third kappa shape index (κ3) is 3.56. The SMILES string of the molecule is O=C(c1cncc(F)c1)N1CCC(C(O)c2ccccc2)CC1. The molecule has 0 bridgehead atoms. The third-order valence-corrected chi connectivity index (χ3v) is 4.37. The topological polar surface area (TPSA) is 53.4 Å². The van der Waals surface area contributed by atoms with Gasteiger partial charge in [0.25, 0.3) is 5.91 Å². The van der Waals surface area contributed by atoms with Crippen molar-refractivity contribution >= 4 is 5.91 Å². The van der Waals surface area contributed by atoms with E-state index in [0.29, 0.717) is 13.1 Å². The van der Waals surface area contributed by atoms with Gasteiger partial charge in [0.05, 0.1) is 17.9 Å². The Morgan fingerprint density at radius 2 is 1.91 bits per heavy atom. The number of carbonyl (C=O) groups excluding carboxylic acids is 1. The van der Waals surface area contributed by atoms with Crippen molar-refractivity contribution in [3.63, 3.8) is 0 Å². The van der Waals surface area contributed by atoms with E-state index in [9.17, 15) is 14.3 Å². The number of rotatable bonds is 3. The summed E-state index contributed by atoms with van der Waals surface area (Å²) in [6.07, 6.45) is 3.41. The highest BCUT2D eigenvalue weighted by Crippen LogP contribution is 2.31. The number of aliphatic hydroxyl groups excluding tert-OH is 1. The molecule has 5 heteroatoms. The molecule has 0 aliphatic carbocycles. The molecule has 1 atom stereocenters. The third-order valence-electron chi connectivity index (χ3n) is 4.37. The number of nitrogens with zero attached hydrogens (tertiary/aromatic N) is 2. The molecule has 0 radical (unpaired) electrons. The second kappa shape index (κ2) is 6.87. The Hall–Kier alpha value is -2.27. The molecular weight excluding hydrogens is 295 g/mol. The number of likely N-dealkylation sites (tertiary alicyclic amines) is 1. The molecule has 2 aromatic rings. The molecule has 1 N–H and O–H groups in total. The number of piperidine rings is 1. The van der Waals surface area contributed by atoms with Crippen molar-refractivity contribution in [3.8, 4) is 0 Å². The Morgan fingerprint density at radius 3 is 2.57 bits per heavy atom. The largest absolute Gasteiger partial charge is 0.388 e.